The van der Waals surface area contributed by atoms with E-state index in [1.54, 1.807) is 12.1 Å². The first-order chi connectivity index (χ1) is 13.7. The molecule has 146 valence electrons. The summed E-state index contributed by atoms with van der Waals surface area (Å²) in [5.74, 6) is 2.68. The van der Waals surface area contributed by atoms with Crippen LogP contribution >= 0.6 is 23.5 Å². The molecule has 0 aromatic heterocycles. The van der Waals surface area contributed by atoms with E-state index in [0.717, 1.165) is 17.7 Å². The van der Waals surface area contributed by atoms with Crippen LogP contribution in [0.2, 0.25) is 0 Å². The monoisotopic (exact) mass is 412 g/mol. The fourth-order valence-corrected chi connectivity index (χ4v) is 6.31. The second-order valence-corrected chi connectivity index (χ2v) is 9.68. The Kier molecular flexibility index (Phi) is 6.17. The molecule has 4 nitrogen and oxygen atoms in total. The quantitative estimate of drug-likeness (QED) is 0.691. The van der Waals surface area contributed by atoms with E-state index in [4.69, 9.17) is 0 Å². The van der Waals surface area contributed by atoms with Crippen LogP contribution in [0.25, 0.3) is 5.57 Å². The van der Waals surface area contributed by atoms with Gasteiger partial charge in [0.05, 0.1) is 4.58 Å². The highest BCUT2D eigenvalue weighted by molar-refractivity contribution is 8.16. The van der Waals surface area contributed by atoms with Crippen molar-refractivity contribution in [3.8, 4) is 5.75 Å². The predicted octanol–water partition coefficient (Wildman–Crippen LogP) is 5.58. The highest BCUT2D eigenvalue weighted by Crippen LogP contribution is 2.44. The van der Waals surface area contributed by atoms with Gasteiger partial charge in [-0.1, -0.05) is 30.3 Å². The standard InChI is InChI=1S/C22H24N2O2S2/c25-20-7-5-16(6-8-20)17-9-11-24(12-10-17)22(26)23-19-4-1-3-18(15-19)21-27-13-2-14-28-21/h1,3-9,15,21,25H,2,10-14H2,(H,23,26). The number of carbonyl (C=O) groups is 1. The molecule has 2 N–H and O–H groups in total. The number of aromatic hydroxyl groups is 1. The van der Waals surface area contributed by atoms with E-state index in [0.29, 0.717) is 17.7 Å². The molecule has 0 spiro atoms. The van der Waals surface area contributed by atoms with Gasteiger partial charge in [0.25, 0.3) is 0 Å². The molecule has 2 aliphatic rings. The Hall–Kier alpha value is -2.05. The number of hydrogen-bond acceptors (Lipinski definition) is 4. The number of urea groups is 1. The summed E-state index contributed by atoms with van der Waals surface area (Å²) in [5, 5.41) is 12.5. The molecule has 0 radical (unpaired) electrons. The van der Waals surface area contributed by atoms with Crippen LogP contribution in [0.1, 0.15) is 28.6 Å². The normalized spacial score (nSPS) is 17.9. The Bertz CT molecular complexity index is 861. The van der Waals surface area contributed by atoms with Crippen LogP contribution in [0.5, 0.6) is 5.75 Å². The largest absolute Gasteiger partial charge is 0.508 e. The van der Waals surface area contributed by atoms with Crippen molar-refractivity contribution in [2.45, 2.75) is 17.4 Å². The molecule has 2 amide bonds. The molecule has 0 saturated carbocycles. The zero-order valence-corrected chi connectivity index (χ0v) is 17.3. The van der Waals surface area contributed by atoms with Gasteiger partial charge < -0.3 is 15.3 Å². The van der Waals surface area contributed by atoms with E-state index < -0.39 is 0 Å². The van der Waals surface area contributed by atoms with Crippen LogP contribution in [0.15, 0.2) is 54.6 Å². The Labute approximate surface area is 174 Å². The molecule has 0 aliphatic carbocycles. The fourth-order valence-electron chi connectivity index (χ4n) is 3.44. The lowest BCUT2D eigenvalue weighted by Gasteiger charge is -2.27. The topological polar surface area (TPSA) is 52.6 Å². The van der Waals surface area contributed by atoms with E-state index in [9.17, 15) is 9.90 Å². The average molecular weight is 413 g/mol. The van der Waals surface area contributed by atoms with Gasteiger partial charge in [-0.3, -0.25) is 0 Å². The van der Waals surface area contributed by atoms with Crippen molar-refractivity contribution in [2.75, 3.05) is 29.9 Å². The first-order valence-corrected chi connectivity index (χ1v) is 11.7. The molecule has 1 fully saturated rings. The second-order valence-electron chi connectivity index (χ2n) is 6.95. The molecule has 2 heterocycles. The average Bonchev–Trinajstić information content (AvgIpc) is 2.75. The maximum atomic E-state index is 12.7. The van der Waals surface area contributed by atoms with Crippen molar-refractivity contribution >= 4 is 40.8 Å². The lowest BCUT2D eigenvalue weighted by atomic mass is 9.99. The number of anilines is 1. The molecular formula is C22H24N2O2S2. The highest BCUT2D eigenvalue weighted by Gasteiger charge is 2.20. The summed E-state index contributed by atoms with van der Waals surface area (Å²) in [5.41, 5.74) is 4.47. The summed E-state index contributed by atoms with van der Waals surface area (Å²) in [4.78, 5) is 14.5. The van der Waals surface area contributed by atoms with Crippen LogP contribution < -0.4 is 5.32 Å². The maximum absolute atomic E-state index is 12.7. The summed E-state index contributed by atoms with van der Waals surface area (Å²) >= 11 is 3.97. The van der Waals surface area contributed by atoms with Gasteiger partial charge >= 0.3 is 6.03 Å². The summed E-state index contributed by atoms with van der Waals surface area (Å²) in [6.45, 7) is 1.28. The zero-order valence-electron chi connectivity index (χ0n) is 15.6. The summed E-state index contributed by atoms with van der Waals surface area (Å²) in [6.07, 6.45) is 4.19. The number of carbonyl (C=O) groups excluding carboxylic acids is 1. The smallest absolute Gasteiger partial charge is 0.322 e. The SMILES string of the molecule is O=C(Nc1cccc(C2SCCCS2)c1)N1CC=C(c2ccc(O)cc2)CC1. The molecule has 28 heavy (non-hydrogen) atoms. The van der Waals surface area contributed by atoms with Crippen molar-refractivity contribution in [1.29, 1.82) is 0 Å². The minimum absolute atomic E-state index is 0.0536. The molecular weight excluding hydrogens is 388 g/mol. The maximum Gasteiger partial charge on any atom is 0.322 e. The number of phenolic OH excluding ortho intramolecular Hbond substituents is 1. The third kappa shape index (κ3) is 4.67. The fraction of sp³-hybridized carbons (Fsp3) is 0.318. The molecule has 0 unspecified atom stereocenters. The Morgan fingerprint density at radius 1 is 1.11 bits per heavy atom. The third-order valence-corrected chi connectivity index (χ3v) is 7.99. The second kappa shape index (κ2) is 8.97. The Morgan fingerprint density at radius 2 is 1.89 bits per heavy atom. The summed E-state index contributed by atoms with van der Waals surface area (Å²) in [7, 11) is 0. The van der Waals surface area contributed by atoms with E-state index >= 15 is 0 Å². The Balaban J connectivity index is 1.37. The summed E-state index contributed by atoms with van der Waals surface area (Å²) < 4.78 is 0.469. The lowest BCUT2D eigenvalue weighted by Crippen LogP contribution is -2.37. The molecule has 2 aliphatic heterocycles. The lowest BCUT2D eigenvalue weighted by molar-refractivity contribution is 0.217. The molecule has 6 heteroatoms. The van der Waals surface area contributed by atoms with Gasteiger partial charge in [0.1, 0.15) is 5.75 Å². The van der Waals surface area contributed by atoms with Crippen molar-refractivity contribution in [2.24, 2.45) is 0 Å². The van der Waals surface area contributed by atoms with Gasteiger partial charge in [0.15, 0.2) is 0 Å². The van der Waals surface area contributed by atoms with Crippen molar-refractivity contribution in [3.05, 3.63) is 65.7 Å². The van der Waals surface area contributed by atoms with E-state index in [1.807, 2.05) is 52.7 Å². The molecule has 0 atom stereocenters. The number of phenols is 1. The number of hydrogen-bond donors (Lipinski definition) is 2. The minimum Gasteiger partial charge on any atom is -0.508 e. The van der Waals surface area contributed by atoms with Crippen molar-refractivity contribution in [1.82, 2.24) is 4.90 Å². The first kappa shape index (κ1) is 19.3. The van der Waals surface area contributed by atoms with Gasteiger partial charge in [0.2, 0.25) is 0 Å². The minimum atomic E-state index is -0.0536. The van der Waals surface area contributed by atoms with Gasteiger partial charge in [0, 0.05) is 18.8 Å². The molecule has 4 rings (SSSR count). The van der Waals surface area contributed by atoms with Gasteiger partial charge in [-0.25, -0.2) is 4.79 Å². The molecule has 1 saturated heterocycles. The predicted molar refractivity (Wildman–Crippen MR) is 120 cm³/mol. The number of nitrogens with one attached hydrogen (secondary N) is 1. The van der Waals surface area contributed by atoms with Crippen LogP contribution in [0, 0.1) is 0 Å². The third-order valence-electron chi connectivity index (χ3n) is 4.97. The van der Waals surface area contributed by atoms with Crippen molar-refractivity contribution in [3.63, 3.8) is 0 Å². The number of amides is 2. The number of rotatable bonds is 3. The van der Waals surface area contributed by atoms with E-state index in [1.165, 1.54) is 29.1 Å². The highest BCUT2D eigenvalue weighted by atomic mass is 32.2. The number of thioether (sulfide) groups is 2. The number of benzene rings is 2. The summed E-state index contributed by atoms with van der Waals surface area (Å²) in [6, 6.07) is 15.4. The van der Waals surface area contributed by atoms with Crippen LogP contribution in [0.3, 0.4) is 0 Å². The van der Waals surface area contributed by atoms with E-state index in [-0.39, 0.29) is 11.8 Å². The van der Waals surface area contributed by atoms with Crippen molar-refractivity contribution < 1.29 is 9.90 Å². The van der Waals surface area contributed by atoms with Gasteiger partial charge in [-0.2, -0.15) is 0 Å². The zero-order chi connectivity index (χ0) is 19.3. The van der Waals surface area contributed by atoms with Crippen LogP contribution in [-0.2, 0) is 0 Å². The first-order valence-electron chi connectivity index (χ1n) is 9.56. The van der Waals surface area contributed by atoms with E-state index in [2.05, 4.69) is 23.5 Å². The van der Waals surface area contributed by atoms with Crippen LogP contribution in [0.4, 0.5) is 10.5 Å². The van der Waals surface area contributed by atoms with Gasteiger partial charge in [-0.15, -0.1) is 23.5 Å². The van der Waals surface area contributed by atoms with Gasteiger partial charge in [-0.05, 0) is 65.3 Å². The van der Waals surface area contributed by atoms with Crippen LogP contribution in [-0.4, -0.2) is 40.6 Å². The number of nitrogens with zero attached hydrogens (tertiary/aromatic N) is 1. The molecule has 2 aromatic carbocycles. The molecule has 2 aromatic rings. The molecule has 0 bridgehead atoms. The Morgan fingerprint density at radius 3 is 2.61 bits per heavy atom.